The molecular weight excluding hydrogens is 422 g/mol. The summed E-state index contributed by atoms with van der Waals surface area (Å²) in [6, 6.07) is 27.8. The van der Waals surface area contributed by atoms with Gasteiger partial charge in [-0.1, -0.05) is 66.7 Å². The minimum Gasteiger partial charge on any atom is -0.489 e. The molecule has 1 aliphatic carbocycles. The highest BCUT2D eigenvalue weighted by Gasteiger charge is 2.38. The molecule has 1 N–H and O–H groups in total. The van der Waals surface area contributed by atoms with Crippen molar-refractivity contribution in [2.24, 2.45) is 0 Å². The number of nitrogens with zero attached hydrogens (tertiary/aromatic N) is 2. The number of likely N-dealkylation sites (N-methyl/N-ethyl adjacent to an activating group) is 1. The zero-order valence-corrected chi connectivity index (χ0v) is 19.8. The summed E-state index contributed by atoms with van der Waals surface area (Å²) >= 11 is 0. The van der Waals surface area contributed by atoms with Gasteiger partial charge in [-0.2, -0.15) is 0 Å². The highest BCUT2D eigenvalue weighted by atomic mass is 16.5. The zero-order valence-electron chi connectivity index (χ0n) is 19.8. The minimum atomic E-state index is 0.222. The summed E-state index contributed by atoms with van der Waals surface area (Å²) in [4.78, 5) is 16.7. The number of benzene rings is 3. The van der Waals surface area contributed by atoms with Gasteiger partial charge in [0.1, 0.15) is 12.4 Å². The van der Waals surface area contributed by atoms with Crippen molar-refractivity contribution in [1.82, 2.24) is 15.1 Å². The number of hydrogen-bond donors (Lipinski definition) is 1. The summed E-state index contributed by atoms with van der Waals surface area (Å²) in [5.74, 6) is 1.59. The molecule has 2 unspecified atom stereocenters. The Morgan fingerprint density at radius 3 is 2.26 bits per heavy atom. The smallest absolute Gasteiger partial charge is 0.236 e. The lowest BCUT2D eigenvalue weighted by atomic mass is 10.0. The van der Waals surface area contributed by atoms with Gasteiger partial charge in [0.15, 0.2) is 0 Å². The maximum Gasteiger partial charge on any atom is 0.236 e. The Bertz CT molecular complexity index is 1070. The van der Waals surface area contributed by atoms with Gasteiger partial charge in [0.25, 0.3) is 0 Å². The van der Waals surface area contributed by atoms with Crippen molar-refractivity contribution in [2.45, 2.75) is 25.0 Å². The molecule has 0 spiro atoms. The average Bonchev–Trinajstić information content (AvgIpc) is 3.67. The average molecular weight is 456 g/mol. The largest absolute Gasteiger partial charge is 0.489 e. The van der Waals surface area contributed by atoms with Crippen molar-refractivity contribution in [3.63, 3.8) is 0 Å². The molecule has 1 aliphatic heterocycles. The number of nitrogens with one attached hydrogen (secondary N) is 1. The van der Waals surface area contributed by atoms with E-state index in [4.69, 9.17) is 4.74 Å². The molecule has 34 heavy (non-hydrogen) atoms. The molecule has 5 heteroatoms. The topological polar surface area (TPSA) is 44.8 Å². The fourth-order valence-corrected chi connectivity index (χ4v) is 4.58. The molecule has 0 aromatic heterocycles. The van der Waals surface area contributed by atoms with Crippen molar-refractivity contribution in [3.8, 4) is 16.9 Å². The summed E-state index contributed by atoms with van der Waals surface area (Å²) in [7, 11) is 2.11. The van der Waals surface area contributed by atoms with E-state index in [-0.39, 0.29) is 5.91 Å². The Labute approximate surface area is 202 Å². The number of carbonyl (C=O) groups excluding carboxylic acids is 1. The molecule has 2 atom stereocenters. The maximum atomic E-state index is 12.4. The molecule has 2 aliphatic rings. The zero-order chi connectivity index (χ0) is 23.3. The Morgan fingerprint density at radius 2 is 1.56 bits per heavy atom. The lowest BCUT2D eigenvalue weighted by Gasteiger charge is -2.32. The summed E-state index contributed by atoms with van der Waals surface area (Å²) in [6.45, 7) is 4.59. The fourth-order valence-electron chi connectivity index (χ4n) is 4.58. The van der Waals surface area contributed by atoms with Crippen molar-refractivity contribution in [1.29, 1.82) is 0 Å². The number of amides is 1. The van der Waals surface area contributed by atoms with Gasteiger partial charge in [-0.15, -0.1) is 0 Å². The van der Waals surface area contributed by atoms with Gasteiger partial charge in [-0.3, -0.25) is 4.79 Å². The molecule has 176 valence electrons. The summed E-state index contributed by atoms with van der Waals surface area (Å²) in [5.41, 5.74) is 4.90. The molecule has 2 fully saturated rings. The van der Waals surface area contributed by atoms with Crippen LogP contribution in [0.5, 0.6) is 5.75 Å². The second kappa shape index (κ2) is 10.4. The number of piperazine rings is 1. The van der Waals surface area contributed by atoms with Crippen molar-refractivity contribution >= 4 is 5.91 Å². The first-order valence-corrected chi connectivity index (χ1v) is 12.2. The molecule has 5 nitrogen and oxygen atoms in total. The van der Waals surface area contributed by atoms with Crippen molar-refractivity contribution in [2.75, 3.05) is 39.8 Å². The van der Waals surface area contributed by atoms with E-state index in [2.05, 4.69) is 90.1 Å². The molecule has 1 saturated heterocycles. The van der Waals surface area contributed by atoms with Crippen LogP contribution in [0.3, 0.4) is 0 Å². The molecule has 0 radical (unpaired) electrons. The third-order valence-corrected chi connectivity index (χ3v) is 6.94. The Kier molecular flexibility index (Phi) is 6.93. The molecule has 5 rings (SSSR count). The van der Waals surface area contributed by atoms with Crippen LogP contribution in [0.4, 0.5) is 0 Å². The van der Waals surface area contributed by atoms with Gasteiger partial charge in [0.2, 0.25) is 5.91 Å². The van der Waals surface area contributed by atoms with Crippen molar-refractivity contribution in [3.05, 3.63) is 90.0 Å². The van der Waals surface area contributed by atoms with Crippen LogP contribution >= 0.6 is 0 Å². The highest BCUT2D eigenvalue weighted by Crippen LogP contribution is 2.41. The lowest BCUT2D eigenvalue weighted by molar-refractivity contribution is -0.131. The Morgan fingerprint density at radius 1 is 0.882 bits per heavy atom. The van der Waals surface area contributed by atoms with Gasteiger partial charge >= 0.3 is 0 Å². The first-order valence-electron chi connectivity index (χ1n) is 12.2. The number of rotatable bonds is 8. The van der Waals surface area contributed by atoms with Gasteiger partial charge in [0.05, 0.1) is 6.54 Å². The van der Waals surface area contributed by atoms with E-state index in [1.807, 2.05) is 11.0 Å². The first kappa shape index (κ1) is 22.6. The Balaban J connectivity index is 1.06. The standard InChI is InChI=1S/C29H33N3O2/c1-31-15-17-32(18-16-31)29(33)20-30-28-19-27(28)25-11-13-26(14-12-25)34-21-22-7-9-24(10-8-22)23-5-3-2-4-6-23/h2-14,27-28,30H,15-21H2,1H3. The number of hydrogen-bond acceptors (Lipinski definition) is 4. The van der Waals surface area contributed by atoms with Gasteiger partial charge in [0, 0.05) is 38.1 Å². The van der Waals surface area contributed by atoms with E-state index in [1.165, 1.54) is 16.7 Å². The van der Waals surface area contributed by atoms with Gasteiger partial charge in [-0.25, -0.2) is 0 Å². The second-order valence-corrected chi connectivity index (χ2v) is 9.43. The molecule has 1 saturated carbocycles. The predicted octanol–water partition coefficient (Wildman–Crippen LogP) is 4.15. The van der Waals surface area contributed by atoms with Crippen LogP contribution in [0, 0.1) is 0 Å². The third kappa shape index (κ3) is 5.66. The lowest BCUT2D eigenvalue weighted by Crippen LogP contribution is -2.49. The monoisotopic (exact) mass is 455 g/mol. The molecule has 1 heterocycles. The van der Waals surface area contributed by atoms with E-state index in [9.17, 15) is 4.79 Å². The van der Waals surface area contributed by atoms with Crippen LogP contribution in [0.1, 0.15) is 23.5 Å². The maximum absolute atomic E-state index is 12.4. The molecular formula is C29H33N3O2. The van der Waals surface area contributed by atoms with Crippen LogP contribution < -0.4 is 10.1 Å². The molecule has 1 amide bonds. The van der Waals surface area contributed by atoms with Gasteiger partial charge < -0.3 is 19.9 Å². The van der Waals surface area contributed by atoms with Gasteiger partial charge in [-0.05, 0) is 47.9 Å². The number of ether oxygens (including phenoxy) is 1. The quantitative estimate of drug-likeness (QED) is 0.554. The molecule has 0 bridgehead atoms. The summed E-state index contributed by atoms with van der Waals surface area (Å²) in [5, 5.41) is 3.45. The summed E-state index contributed by atoms with van der Waals surface area (Å²) < 4.78 is 6.00. The van der Waals surface area contributed by atoms with Crippen LogP contribution in [0.2, 0.25) is 0 Å². The van der Waals surface area contributed by atoms with Crippen LogP contribution in [-0.2, 0) is 11.4 Å². The Hall–Kier alpha value is -3.15. The predicted molar refractivity (Wildman–Crippen MR) is 136 cm³/mol. The van der Waals surface area contributed by atoms with E-state index >= 15 is 0 Å². The molecule has 3 aromatic rings. The third-order valence-electron chi connectivity index (χ3n) is 6.94. The summed E-state index contributed by atoms with van der Waals surface area (Å²) in [6.07, 6.45) is 1.09. The number of carbonyl (C=O) groups is 1. The van der Waals surface area contributed by atoms with E-state index in [0.29, 0.717) is 25.1 Å². The van der Waals surface area contributed by atoms with E-state index in [0.717, 1.165) is 43.9 Å². The molecule has 3 aromatic carbocycles. The van der Waals surface area contributed by atoms with Crippen LogP contribution in [0.15, 0.2) is 78.9 Å². The van der Waals surface area contributed by atoms with Crippen molar-refractivity contribution < 1.29 is 9.53 Å². The van der Waals surface area contributed by atoms with E-state index < -0.39 is 0 Å². The minimum absolute atomic E-state index is 0.222. The van der Waals surface area contributed by atoms with Crippen LogP contribution in [0.25, 0.3) is 11.1 Å². The second-order valence-electron chi connectivity index (χ2n) is 9.43. The van der Waals surface area contributed by atoms with E-state index in [1.54, 1.807) is 0 Å². The highest BCUT2D eigenvalue weighted by molar-refractivity contribution is 5.78. The first-order chi connectivity index (χ1) is 16.7. The van der Waals surface area contributed by atoms with Crippen LogP contribution in [-0.4, -0.2) is 61.5 Å². The normalized spacial score (nSPS) is 20.2. The fraction of sp³-hybridized carbons (Fsp3) is 0.345. The SMILES string of the molecule is CN1CCN(C(=O)CNC2CC2c2ccc(OCc3ccc(-c4ccccc4)cc3)cc2)CC1.